The first kappa shape index (κ1) is 15.0. The molecule has 2 heterocycles. The van der Waals surface area contributed by atoms with E-state index in [0.29, 0.717) is 11.0 Å². The van der Waals surface area contributed by atoms with E-state index in [-0.39, 0.29) is 12.0 Å². The summed E-state index contributed by atoms with van der Waals surface area (Å²) in [7, 11) is 0. The van der Waals surface area contributed by atoms with Crippen molar-refractivity contribution in [2.45, 2.75) is 29.8 Å². The lowest BCUT2D eigenvalue weighted by molar-refractivity contribution is -0.116. The Morgan fingerprint density at radius 3 is 2.42 bits per heavy atom. The Morgan fingerprint density at radius 1 is 0.923 bits per heavy atom. The molecule has 2 aliphatic heterocycles. The normalized spacial score (nSPS) is 31.8. The number of thioether (sulfide) groups is 1. The van der Waals surface area contributed by atoms with Crippen LogP contribution in [0.4, 0.5) is 0 Å². The second-order valence-electron chi connectivity index (χ2n) is 7.69. The molecule has 128 valence electrons. The second-order valence-corrected chi connectivity index (χ2v) is 8.75. The SMILES string of the molecule is O=C1SCC[C@@]12N[C@@H](c1ccccc1)[C@H]1c3cccc4cccc(c34)[C@H]12. The molecule has 6 rings (SSSR count). The average Bonchev–Trinajstić information content (AvgIpc) is 3.33. The molecule has 0 radical (unpaired) electrons. The summed E-state index contributed by atoms with van der Waals surface area (Å²) in [4.78, 5) is 13.1. The van der Waals surface area contributed by atoms with Crippen molar-refractivity contribution in [3.05, 3.63) is 83.4 Å². The highest BCUT2D eigenvalue weighted by molar-refractivity contribution is 8.14. The lowest BCUT2D eigenvalue weighted by atomic mass is 9.76. The lowest BCUT2D eigenvalue weighted by Gasteiger charge is -2.29. The maximum absolute atomic E-state index is 13.1. The van der Waals surface area contributed by atoms with Gasteiger partial charge in [-0.3, -0.25) is 10.1 Å². The summed E-state index contributed by atoms with van der Waals surface area (Å²) in [6.07, 6.45) is 0.922. The maximum Gasteiger partial charge on any atom is 0.209 e. The summed E-state index contributed by atoms with van der Waals surface area (Å²) >= 11 is 1.51. The van der Waals surface area contributed by atoms with Crippen LogP contribution in [0.2, 0.25) is 0 Å². The molecule has 0 aromatic heterocycles. The first-order valence-electron chi connectivity index (χ1n) is 9.31. The number of benzene rings is 3. The van der Waals surface area contributed by atoms with Crippen LogP contribution in [0.3, 0.4) is 0 Å². The van der Waals surface area contributed by atoms with Crippen LogP contribution in [0.15, 0.2) is 66.7 Å². The Balaban J connectivity index is 1.64. The van der Waals surface area contributed by atoms with E-state index in [2.05, 4.69) is 72.0 Å². The van der Waals surface area contributed by atoms with Crippen LogP contribution in [0.25, 0.3) is 10.8 Å². The molecule has 4 atom stereocenters. The van der Waals surface area contributed by atoms with E-state index < -0.39 is 5.54 Å². The topological polar surface area (TPSA) is 29.1 Å². The van der Waals surface area contributed by atoms with Crippen LogP contribution in [0.5, 0.6) is 0 Å². The number of carbonyl (C=O) groups excluding carboxylic acids is 1. The van der Waals surface area contributed by atoms with Gasteiger partial charge in [-0.15, -0.1) is 0 Å². The third-order valence-corrected chi connectivity index (χ3v) is 7.61. The largest absolute Gasteiger partial charge is 0.296 e. The Hall–Kier alpha value is -2.10. The molecular formula is C23H19NOS. The Kier molecular flexibility index (Phi) is 3.01. The Morgan fingerprint density at radius 2 is 1.69 bits per heavy atom. The lowest BCUT2D eigenvalue weighted by Crippen LogP contribution is -2.47. The molecule has 2 saturated heterocycles. The number of carbonyl (C=O) groups is 1. The van der Waals surface area contributed by atoms with Crippen molar-refractivity contribution in [1.82, 2.24) is 5.32 Å². The fourth-order valence-corrected chi connectivity index (χ4v) is 6.77. The van der Waals surface area contributed by atoms with Crippen molar-refractivity contribution in [3.63, 3.8) is 0 Å². The summed E-state index contributed by atoms with van der Waals surface area (Å²) < 4.78 is 0. The van der Waals surface area contributed by atoms with E-state index in [1.807, 2.05) is 0 Å². The molecule has 26 heavy (non-hydrogen) atoms. The Bertz CT molecular complexity index is 1040. The molecule has 0 bridgehead atoms. The van der Waals surface area contributed by atoms with Crippen LogP contribution < -0.4 is 5.32 Å². The van der Waals surface area contributed by atoms with Crippen molar-refractivity contribution in [2.75, 3.05) is 5.75 Å². The molecule has 2 fully saturated rings. The molecule has 1 N–H and O–H groups in total. The third kappa shape index (κ3) is 1.75. The second kappa shape index (κ2) is 5.21. The molecule has 2 nitrogen and oxygen atoms in total. The summed E-state index contributed by atoms with van der Waals surface area (Å²) in [5.74, 6) is 1.47. The summed E-state index contributed by atoms with van der Waals surface area (Å²) in [5.41, 5.74) is 3.63. The van der Waals surface area contributed by atoms with Crippen LogP contribution in [-0.2, 0) is 4.79 Å². The van der Waals surface area contributed by atoms with Gasteiger partial charge in [0.15, 0.2) is 0 Å². The van der Waals surface area contributed by atoms with Gasteiger partial charge >= 0.3 is 0 Å². The van der Waals surface area contributed by atoms with Gasteiger partial charge in [0.1, 0.15) is 0 Å². The zero-order valence-corrected chi connectivity index (χ0v) is 15.1. The molecule has 3 aliphatic rings. The number of fused-ring (bicyclic) bond motifs is 4. The van der Waals surface area contributed by atoms with E-state index in [0.717, 1.165) is 12.2 Å². The number of hydrogen-bond acceptors (Lipinski definition) is 3. The van der Waals surface area contributed by atoms with Gasteiger partial charge in [0.05, 0.1) is 5.54 Å². The van der Waals surface area contributed by atoms with Crippen LogP contribution in [0, 0.1) is 0 Å². The zero-order chi connectivity index (χ0) is 17.3. The molecule has 3 aromatic rings. The highest BCUT2D eigenvalue weighted by Crippen LogP contribution is 2.63. The van der Waals surface area contributed by atoms with E-state index in [1.54, 1.807) is 0 Å². The van der Waals surface area contributed by atoms with Gasteiger partial charge in [-0.25, -0.2) is 0 Å². The number of hydrogen-bond donors (Lipinski definition) is 1. The van der Waals surface area contributed by atoms with Gasteiger partial charge in [-0.05, 0) is 33.9 Å². The highest BCUT2D eigenvalue weighted by Gasteiger charge is 2.62. The minimum Gasteiger partial charge on any atom is -0.296 e. The minimum atomic E-state index is -0.427. The van der Waals surface area contributed by atoms with Crippen LogP contribution in [0.1, 0.15) is 41.0 Å². The van der Waals surface area contributed by atoms with Gasteiger partial charge < -0.3 is 0 Å². The number of rotatable bonds is 1. The highest BCUT2D eigenvalue weighted by atomic mass is 32.2. The third-order valence-electron chi connectivity index (χ3n) is 6.58. The quantitative estimate of drug-likeness (QED) is 0.680. The monoisotopic (exact) mass is 357 g/mol. The fraction of sp³-hybridized carbons (Fsp3) is 0.261. The standard InChI is InChI=1S/C23H19NOS/c25-22-23(12-13-26-22)20-17-11-5-9-14-8-4-10-16(18(14)17)19(20)21(24-23)15-6-2-1-3-7-15/h1-11,19-21,24H,12-13H2/t19-,20+,21-,23-/m0/s1. The van der Waals surface area contributed by atoms with E-state index in [9.17, 15) is 4.79 Å². The van der Waals surface area contributed by atoms with Gasteiger partial charge in [0.2, 0.25) is 5.12 Å². The molecule has 1 aliphatic carbocycles. The summed E-state index contributed by atoms with van der Waals surface area (Å²) in [6.45, 7) is 0. The van der Waals surface area contributed by atoms with Crippen molar-refractivity contribution < 1.29 is 4.79 Å². The number of nitrogens with one attached hydrogen (secondary N) is 1. The van der Waals surface area contributed by atoms with E-state index in [1.165, 1.54) is 39.2 Å². The van der Waals surface area contributed by atoms with Crippen molar-refractivity contribution in [3.8, 4) is 0 Å². The smallest absolute Gasteiger partial charge is 0.209 e. The summed E-state index contributed by atoms with van der Waals surface area (Å²) in [6, 6.07) is 24.1. The van der Waals surface area contributed by atoms with Crippen LogP contribution in [-0.4, -0.2) is 16.4 Å². The Labute approximate surface area is 157 Å². The van der Waals surface area contributed by atoms with Gasteiger partial charge in [0, 0.05) is 23.6 Å². The van der Waals surface area contributed by atoms with Crippen molar-refractivity contribution >= 4 is 27.6 Å². The molecule has 3 heteroatoms. The van der Waals surface area contributed by atoms with Gasteiger partial charge in [0.25, 0.3) is 0 Å². The molecule has 1 spiro atoms. The maximum atomic E-state index is 13.1. The van der Waals surface area contributed by atoms with Crippen molar-refractivity contribution in [1.29, 1.82) is 0 Å². The molecule has 0 saturated carbocycles. The predicted octanol–water partition coefficient (Wildman–Crippen LogP) is 4.77. The van der Waals surface area contributed by atoms with E-state index >= 15 is 0 Å². The minimum absolute atomic E-state index is 0.182. The average molecular weight is 357 g/mol. The fourth-order valence-electron chi connectivity index (χ4n) is 5.61. The van der Waals surface area contributed by atoms with Crippen molar-refractivity contribution in [2.24, 2.45) is 0 Å². The van der Waals surface area contributed by atoms with E-state index in [4.69, 9.17) is 0 Å². The van der Waals surface area contributed by atoms with Crippen LogP contribution >= 0.6 is 11.8 Å². The van der Waals surface area contributed by atoms with Gasteiger partial charge in [-0.1, -0.05) is 78.5 Å². The molecule has 3 aromatic carbocycles. The predicted molar refractivity (Wildman–Crippen MR) is 107 cm³/mol. The molecule has 0 amide bonds. The van der Waals surface area contributed by atoms with Gasteiger partial charge in [-0.2, -0.15) is 0 Å². The first-order valence-corrected chi connectivity index (χ1v) is 10.3. The molecular weight excluding hydrogens is 338 g/mol. The first-order chi connectivity index (χ1) is 12.8. The summed E-state index contributed by atoms with van der Waals surface area (Å²) in [5, 5.41) is 6.86. The zero-order valence-electron chi connectivity index (χ0n) is 14.3. The molecule has 0 unspecified atom stereocenters.